The van der Waals surface area contributed by atoms with Gasteiger partial charge in [-0.15, -0.1) is 0 Å². The minimum Gasteiger partial charge on any atom is -0.423 e. The topological polar surface area (TPSA) is 156 Å². The normalized spacial score (nSPS) is 16.0. The van der Waals surface area contributed by atoms with Gasteiger partial charge < -0.3 is 18.9 Å². The molecule has 0 spiro atoms. The summed E-state index contributed by atoms with van der Waals surface area (Å²) in [6, 6.07) is 7.46. The largest absolute Gasteiger partial charge is 0.423 e. The summed E-state index contributed by atoms with van der Waals surface area (Å²) in [6.07, 6.45) is 1.49. The zero-order valence-corrected chi connectivity index (χ0v) is 20.5. The van der Waals surface area contributed by atoms with Crippen molar-refractivity contribution in [2.75, 3.05) is 0 Å². The van der Waals surface area contributed by atoms with Gasteiger partial charge in [0.15, 0.2) is 0 Å². The number of hydrogen-bond acceptors (Lipinski definition) is 11. The first kappa shape index (κ1) is 24.2. The maximum Gasteiger partial charge on any atom is 0.346 e. The van der Waals surface area contributed by atoms with Gasteiger partial charge in [-0.1, -0.05) is 0 Å². The van der Waals surface area contributed by atoms with Crippen molar-refractivity contribution < 1.29 is 52.5 Å². The van der Waals surface area contributed by atoms with Crippen molar-refractivity contribution in [2.24, 2.45) is 0 Å². The number of rotatable bonds is 5. The van der Waals surface area contributed by atoms with Crippen molar-refractivity contribution in [2.45, 2.75) is 12.8 Å². The molecule has 2 aromatic carbocycles. The molecule has 3 aliphatic rings. The molecule has 12 heteroatoms. The van der Waals surface area contributed by atoms with E-state index in [1.165, 1.54) is 59.0 Å². The minimum absolute atomic E-state index is 0.000153. The third kappa shape index (κ3) is 4.46. The summed E-state index contributed by atoms with van der Waals surface area (Å²) in [6.45, 7) is 0. The number of benzene rings is 2. The average molecular weight is 614 g/mol. The van der Waals surface area contributed by atoms with Gasteiger partial charge in [0.05, 0.1) is 33.4 Å². The van der Waals surface area contributed by atoms with E-state index < -0.39 is 39.6 Å². The summed E-state index contributed by atoms with van der Waals surface area (Å²) in [7, 11) is 0. The number of halogens is 1. The molecule has 0 saturated heterocycles. The van der Waals surface area contributed by atoms with Crippen LogP contribution in [0.25, 0.3) is 0 Å². The average Bonchev–Trinajstić information content (AvgIpc) is 3.32. The van der Waals surface area contributed by atoms with Crippen molar-refractivity contribution in [3.05, 3.63) is 81.4 Å². The predicted molar refractivity (Wildman–Crippen MR) is 127 cm³/mol. The van der Waals surface area contributed by atoms with Crippen LogP contribution in [-0.2, 0) is 23.9 Å². The molecule has 0 atom stereocenters. The zero-order chi connectivity index (χ0) is 26.4. The minimum atomic E-state index is -0.879. The van der Waals surface area contributed by atoms with E-state index in [-0.39, 0.29) is 63.3 Å². The second-order valence-electron chi connectivity index (χ2n) is 7.89. The predicted octanol–water partition coefficient (Wildman–Crippen LogP) is 2.80. The number of fused-ring (bicyclic) bond motifs is 1. The highest BCUT2D eigenvalue weighted by molar-refractivity contribution is 14.1. The van der Waals surface area contributed by atoms with Crippen LogP contribution < -0.4 is 9.47 Å². The summed E-state index contributed by atoms with van der Waals surface area (Å²) in [5, 5.41) is 0. The van der Waals surface area contributed by atoms with Crippen LogP contribution >= 0.6 is 22.6 Å². The Balaban J connectivity index is 1.34. The molecule has 0 unspecified atom stereocenters. The van der Waals surface area contributed by atoms with Crippen LogP contribution in [0.1, 0.15) is 54.3 Å². The van der Waals surface area contributed by atoms with Crippen molar-refractivity contribution in [3.63, 3.8) is 0 Å². The standard InChI is InChI=1S/C25H11IO11/c26-19(27)17-9-12(34-20(28)10-1-4-13-15(7-10)24(32)36-22(13)30)3-6-18(17)35-21(29)11-2-5-14-16(8-11)25(33)37-23(14)31/h1,3-4,6-9H,2,5H2. The van der Waals surface area contributed by atoms with E-state index in [9.17, 15) is 33.6 Å². The fraction of sp³-hybridized carbons (Fsp3) is 0.0800. The first-order valence-electron chi connectivity index (χ1n) is 10.5. The van der Waals surface area contributed by atoms with Crippen LogP contribution in [0.2, 0.25) is 0 Å². The van der Waals surface area contributed by atoms with Gasteiger partial charge in [-0.3, -0.25) is 4.79 Å². The van der Waals surface area contributed by atoms with Crippen molar-refractivity contribution in [1.29, 1.82) is 0 Å². The van der Waals surface area contributed by atoms with E-state index in [0.717, 1.165) is 6.07 Å². The van der Waals surface area contributed by atoms with Crippen LogP contribution in [-0.4, -0.2) is 39.6 Å². The number of ether oxygens (including phenoxy) is 4. The van der Waals surface area contributed by atoms with Crippen LogP contribution in [0.3, 0.4) is 0 Å². The van der Waals surface area contributed by atoms with Crippen LogP contribution in [0.4, 0.5) is 0 Å². The van der Waals surface area contributed by atoms with E-state index in [2.05, 4.69) is 9.47 Å². The van der Waals surface area contributed by atoms with E-state index in [4.69, 9.17) is 9.47 Å². The molecule has 0 radical (unpaired) electrons. The Labute approximate surface area is 220 Å². The molecule has 5 rings (SSSR count). The van der Waals surface area contributed by atoms with E-state index in [1.807, 2.05) is 0 Å². The lowest BCUT2D eigenvalue weighted by Crippen LogP contribution is -2.16. The molecule has 0 fully saturated rings. The molecule has 0 bridgehead atoms. The van der Waals surface area contributed by atoms with Gasteiger partial charge in [-0.05, 0) is 55.3 Å². The third-order valence-electron chi connectivity index (χ3n) is 5.66. The lowest BCUT2D eigenvalue weighted by atomic mass is 9.93. The summed E-state index contributed by atoms with van der Waals surface area (Å²) in [4.78, 5) is 84.2. The van der Waals surface area contributed by atoms with E-state index in [1.54, 1.807) is 0 Å². The summed E-state index contributed by atoms with van der Waals surface area (Å²) in [5.74, 6) is -5.14. The number of carbonyl (C=O) groups is 7. The highest BCUT2D eigenvalue weighted by Crippen LogP contribution is 2.33. The SMILES string of the molecule is O=C(Oc1ccc(OC(=O)c2ccc3c(c2)C(=O)OC3=O)cc1C(=O)I)C1=CC2=C(CC1)C(=O)OC2=O. The van der Waals surface area contributed by atoms with Gasteiger partial charge in [0.1, 0.15) is 11.5 Å². The highest BCUT2D eigenvalue weighted by Gasteiger charge is 2.35. The van der Waals surface area contributed by atoms with Gasteiger partial charge in [-0.25, -0.2) is 28.8 Å². The Morgan fingerprint density at radius 1 is 0.757 bits per heavy atom. The fourth-order valence-electron chi connectivity index (χ4n) is 3.84. The Bertz CT molecular complexity index is 1560. The fourth-order valence-corrected chi connectivity index (χ4v) is 4.26. The maximum atomic E-state index is 12.7. The number of hydrogen-bond donors (Lipinski definition) is 0. The van der Waals surface area contributed by atoms with Crippen molar-refractivity contribution in [3.8, 4) is 11.5 Å². The number of carbonyl (C=O) groups excluding carboxylic acids is 7. The molecule has 11 nitrogen and oxygen atoms in total. The lowest BCUT2D eigenvalue weighted by Gasteiger charge is -2.14. The molecule has 0 N–H and O–H groups in total. The molecule has 2 aromatic rings. The molecule has 37 heavy (non-hydrogen) atoms. The van der Waals surface area contributed by atoms with Crippen LogP contribution in [0.15, 0.2) is 59.2 Å². The quantitative estimate of drug-likeness (QED) is 0.160. The first-order valence-corrected chi connectivity index (χ1v) is 11.6. The summed E-state index contributed by atoms with van der Waals surface area (Å²) in [5.41, 5.74) is 0.158. The second kappa shape index (κ2) is 9.20. The molecule has 2 heterocycles. The molecule has 0 aromatic heterocycles. The lowest BCUT2D eigenvalue weighted by molar-refractivity contribution is -0.151. The molecule has 0 saturated carbocycles. The molecule has 0 amide bonds. The number of cyclic esters (lactones) is 4. The van der Waals surface area contributed by atoms with Gasteiger partial charge in [0.2, 0.25) is 3.79 Å². The van der Waals surface area contributed by atoms with Gasteiger partial charge in [0.25, 0.3) is 0 Å². The Morgan fingerprint density at radius 3 is 2.24 bits per heavy atom. The Hall–Kier alpha value is -4.46. The molecule has 1 aliphatic carbocycles. The van der Waals surface area contributed by atoms with E-state index in [0.29, 0.717) is 0 Å². The maximum absolute atomic E-state index is 12.7. The van der Waals surface area contributed by atoms with Gasteiger partial charge in [-0.2, -0.15) is 0 Å². The molecular formula is C25H11IO11. The van der Waals surface area contributed by atoms with Crippen molar-refractivity contribution in [1.82, 2.24) is 0 Å². The van der Waals surface area contributed by atoms with Crippen molar-refractivity contribution >= 4 is 62.2 Å². The van der Waals surface area contributed by atoms with Crippen LogP contribution in [0, 0.1) is 0 Å². The smallest absolute Gasteiger partial charge is 0.346 e. The van der Waals surface area contributed by atoms with Gasteiger partial charge >= 0.3 is 35.8 Å². The third-order valence-corrected chi connectivity index (χ3v) is 6.24. The molecular weight excluding hydrogens is 603 g/mol. The zero-order valence-electron chi connectivity index (χ0n) is 18.3. The summed E-state index contributed by atoms with van der Waals surface area (Å²) < 4.78 is 19.2. The monoisotopic (exact) mass is 614 g/mol. The Kier molecular flexibility index (Phi) is 6.03. The van der Waals surface area contributed by atoms with Gasteiger partial charge in [0, 0.05) is 28.2 Å². The molecule has 184 valence electrons. The van der Waals surface area contributed by atoms with E-state index >= 15 is 0 Å². The summed E-state index contributed by atoms with van der Waals surface area (Å²) >= 11 is 1.47. The Morgan fingerprint density at radius 2 is 1.49 bits per heavy atom. The first-order chi connectivity index (χ1) is 17.6. The molecule has 2 aliphatic heterocycles. The van der Waals surface area contributed by atoms with Crippen LogP contribution in [0.5, 0.6) is 11.5 Å². The highest BCUT2D eigenvalue weighted by atomic mass is 127. The second-order valence-corrected chi connectivity index (χ2v) is 8.87. The number of esters is 6.